The van der Waals surface area contributed by atoms with Gasteiger partial charge in [-0.1, -0.05) is 12.8 Å². The zero-order chi connectivity index (χ0) is 11.8. The summed E-state index contributed by atoms with van der Waals surface area (Å²) in [6.45, 7) is 2.84. The lowest BCUT2D eigenvalue weighted by molar-refractivity contribution is 0.0689. The maximum absolute atomic E-state index is 12.4. The zero-order valence-electron chi connectivity index (χ0n) is 10.3. The van der Waals surface area contributed by atoms with Crippen molar-refractivity contribution in [1.29, 1.82) is 0 Å². The summed E-state index contributed by atoms with van der Waals surface area (Å²) in [6, 6.07) is 0.491. The molecule has 3 rings (SSSR count). The summed E-state index contributed by atoms with van der Waals surface area (Å²) in [4.78, 5) is 14.5. The van der Waals surface area contributed by atoms with Gasteiger partial charge in [-0.15, -0.1) is 0 Å². The Kier molecular flexibility index (Phi) is 2.65. The molecule has 2 fully saturated rings. The van der Waals surface area contributed by atoms with Gasteiger partial charge in [0, 0.05) is 18.3 Å². The van der Waals surface area contributed by atoms with Crippen LogP contribution in [0.15, 0.2) is 6.20 Å². The lowest BCUT2D eigenvalue weighted by atomic mass is 9.85. The highest BCUT2D eigenvalue weighted by Crippen LogP contribution is 2.36. The number of H-pyrrole nitrogens is 1. The average Bonchev–Trinajstić information content (AvgIpc) is 2.94. The molecule has 92 valence electrons. The first-order valence-electron chi connectivity index (χ1n) is 6.58. The number of amides is 1. The molecule has 1 aromatic heterocycles. The van der Waals surface area contributed by atoms with E-state index in [-0.39, 0.29) is 5.91 Å². The second-order valence-corrected chi connectivity index (χ2v) is 5.31. The highest BCUT2D eigenvalue weighted by molar-refractivity contribution is 5.95. The van der Waals surface area contributed by atoms with Gasteiger partial charge in [-0.2, -0.15) is 5.10 Å². The van der Waals surface area contributed by atoms with Gasteiger partial charge in [-0.05, 0) is 32.1 Å². The van der Waals surface area contributed by atoms with Gasteiger partial charge in [0.05, 0.1) is 11.8 Å². The van der Waals surface area contributed by atoms with Crippen molar-refractivity contribution in [2.75, 3.05) is 6.54 Å². The van der Waals surface area contributed by atoms with Crippen LogP contribution >= 0.6 is 0 Å². The molecule has 1 saturated carbocycles. The van der Waals surface area contributed by atoms with E-state index < -0.39 is 0 Å². The molecule has 2 heterocycles. The van der Waals surface area contributed by atoms with Crippen molar-refractivity contribution in [3.05, 3.63) is 17.5 Å². The Hall–Kier alpha value is -1.32. The Balaban J connectivity index is 1.81. The lowest BCUT2D eigenvalue weighted by Crippen LogP contribution is -2.39. The quantitative estimate of drug-likeness (QED) is 0.807. The Morgan fingerprint density at radius 2 is 2.24 bits per heavy atom. The lowest BCUT2D eigenvalue weighted by Gasteiger charge is -2.31. The molecule has 0 bridgehead atoms. The summed E-state index contributed by atoms with van der Waals surface area (Å²) in [7, 11) is 0. The monoisotopic (exact) mass is 233 g/mol. The van der Waals surface area contributed by atoms with E-state index in [0.717, 1.165) is 23.7 Å². The second kappa shape index (κ2) is 4.17. The molecule has 1 amide bonds. The molecule has 1 N–H and O–H groups in total. The van der Waals surface area contributed by atoms with E-state index in [1.807, 2.05) is 6.92 Å². The number of carbonyl (C=O) groups excluding carboxylic acids is 1. The summed E-state index contributed by atoms with van der Waals surface area (Å²) in [5, 5.41) is 6.79. The fourth-order valence-corrected chi connectivity index (χ4v) is 3.38. The van der Waals surface area contributed by atoms with E-state index in [4.69, 9.17) is 0 Å². The number of aromatic amines is 1. The topological polar surface area (TPSA) is 49.0 Å². The predicted molar refractivity (Wildman–Crippen MR) is 64.7 cm³/mol. The number of nitrogens with one attached hydrogen (secondary N) is 1. The standard InChI is InChI=1S/C13H19N3O/c1-9-11(8-14-15-9)13(17)16-7-6-10-4-2-3-5-12(10)16/h8,10,12H,2-7H2,1H3,(H,14,15). The first kappa shape index (κ1) is 10.8. The first-order valence-corrected chi connectivity index (χ1v) is 6.58. The molecule has 0 spiro atoms. The van der Waals surface area contributed by atoms with Crippen molar-refractivity contribution in [2.24, 2.45) is 5.92 Å². The number of hydrogen-bond acceptors (Lipinski definition) is 2. The highest BCUT2D eigenvalue weighted by Gasteiger charge is 2.38. The van der Waals surface area contributed by atoms with Crippen LogP contribution in [0.2, 0.25) is 0 Å². The number of hydrogen-bond donors (Lipinski definition) is 1. The first-order chi connectivity index (χ1) is 8.27. The number of likely N-dealkylation sites (tertiary alicyclic amines) is 1. The van der Waals surface area contributed by atoms with Gasteiger partial charge in [-0.3, -0.25) is 9.89 Å². The van der Waals surface area contributed by atoms with Crippen molar-refractivity contribution in [3.8, 4) is 0 Å². The summed E-state index contributed by atoms with van der Waals surface area (Å²) in [5.41, 5.74) is 1.63. The van der Waals surface area contributed by atoms with E-state index in [2.05, 4.69) is 15.1 Å². The van der Waals surface area contributed by atoms with E-state index in [1.165, 1.54) is 32.1 Å². The Morgan fingerprint density at radius 1 is 1.41 bits per heavy atom. The molecule has 4 nitrogen and oxygen atoms in total. The third kappa shape index (κ3) is 1.75. The number of fused-ring (bicyclic) bond motifs is 1. The summed E-state index contributed by atoms with van der Waals surface area (Å²) in [5.74, 6) is 0.922. The van der Waals surface area contributed by atoms with Crippen molar-refractivity contribution in [2.45, 2.75) is 45.1 Å². The minimum atomic E-state index is 0.172. The Bertz CT molecular complexity index is 426. The molecule has 1 aliphatic heterocycles. The second-order valence-electron chi connectivity index (χ2n) is 5.31. The predicted octanol–water partition coefficient (Wildman–Crippen LogP) is 2.12. The molecule has 0 radical (unpaired) electrons. The number of aryl methyl sites for hydroxylation is 1. The van der Waals surface area contributed by atoms with Crippen LogP contribution in [0.4, 0.5) is 0 Å². The van der Waals surface area contributed by atoms with Crippen LogP contribution in [-0.2, 0) is 0 Å². The normalized spacial score (nSPS) is 28.2. The Morgan fingerprint density at radius 3 is 3.00 bits per heavy atom. The van der Waals surface area contributed by atoms with Gasteiger partial charge < -0.3 is 4.90 Å². The Labute approximate surface area is 101 Å². The van der Waals surface area contributed by atoms with Crippen LogP contribution in [0.3, 0.4) is 0 Å². The number of aromatic nitrogens is 2. The van der Waals surface area contributed by atoms with Gasteiger partial charge in [0.2, 0.25) is 0 Å². The summed E-state index contributed by atoms with van der Waals surface area (Å²) in [6.07, 6.45) is 7.95. The molecule has 17 heavy (non-hydrogen) atoms. The van der Waals surface area contributed by atoms with Gasteiger partial charge in [0.25, 0.3) is 5.91 Å². The van der Waals surface area contributed by atoms with Crippen LogP contribution in [0.25, 0.3) is 0 Å². The van der Waals surface area contributed by atoms with Crippen molar-refractivity contribution >= 4 is 5.91 Å². The fraction of sp³-hybridized carbons (Fsp3) is 0.692. The number of rotatable bonds is 1. The van der Waals surface area contributed by atoms with Crippen LogP contribution in [0.1, 0.15) is 48.2 Å². The van der Waals surface area contributed by atoms with Crippen LogP contribution < -0.4 is 0 Å². The molecule has 1 aromatic rings. The molecule has 2 unspecified atom stereocenters. The molecule has 1 saturated heterocycles. The minimum Gasteiger partial charge on any atom is -0.335 e. The third-order valence-electron chi connectivity index (χ3n) is 4.33. The average molecular weight is 233 g/mol. The molecular weight excluding hydrogens is 214 g/mol. The minimum absolute atomic E-state index is 0.172. The third-order valence-corrected chi connectivity index (χ3v) is 4.33. The maximum atomic E-state index is 12.4. The summed E-state index contributed by atoms with van der Waals surface area (Å²) >= 11 is 0. The molecule has 2 aliphatic rings. The van der Waals surface area contributed by atoms with Gasteiger partial charge in [0.15, 0.2) is 0 Å². The number of carbonyl (C=O) groups is 1. The van der Waals surface area contributed by atoms with E-state index >= 15 is 0 Å². The smallest absolute Gasteiger partial charge is 0.257 e. The maximum Gasteiger partial charge on any atom is 0.257 e. The van der Waals surface area contributed by atoms with Crippen molar-refractivity contribution in [3.63, 3.8) is 0 Å². The zero-order valence-corrected chi connectivity index (χ0v) is 10.3. The van der Waals surface area contributed by atoms with Gasteiger partial charge >= 0.3 is 0 Å². The van der Waals surface area contributed by atoms with Gasteiger partial charge in [-0.25, -0.2) is 0 Å². The van der Waals surface area contributed by atoms with Gasteiger partial charge in [0.1, 0.15) is 0 Å². The molecule has 1 aliphatic carbocycles. The molecule has 2 atom stereocenters. The fourth-order valence-electron chi connectivity index (χ4n) is 3.38. The van der Waals surface area contributed by atoms with Crippen LogP contribution in [-0.4, -0.2) is 33.6 Å². The number of nitrogens with zero attached hydrogens (tertiary/aromatic N) is 2. The van der Waals surface area contributed by atoms with E-state index in [1.54, 1.807) is 6.20 Å². The van der Waals surface area contributed by atoms with E-state index in [0.29, 0.717) is 6.04 Å². The largest absolute Gasteiger partial charge is 0.335 e. The van der Waals surface area contributed by atoms with Crippen molar-refractivity contribution in [1.82, 2.24) is 15.1 Å². The van der Waals surface area contributed by atoms with Crippen LogP contribution in [0.5, 0.6) is 0 Å². The van der Waals surface area contributed by atoms with Crippen molar-refractivity contribution < 1.29 is 4.79 Å². The van der Waals surface area contributed by atoms with Crippen LogP contribution in [0, 0.1) is 12.8 Å². The summed E-state index contributed by atoms with van der Waals surface area (Å²) < 4.78 is 0. The molecular formula is C13H19N3O. The highest BCUT2D eigenvalue weighted by atomic mass is 16.2. The SMILES string of the molecule is Cc1[nH]ncc1C(=O)N1CCC2CCCCC21. The molecule has 0 aromatic carbocycles. The van der Waals surface area contributed by atoms with E-state index in [9.17, 15) is 4.79 Å². The molecule has 4 heteroatoms.